The Labute approximate surface area is 113 Å². The summed E-state index contributed by atoms with van der Waals surface area (Å²) in [4.78, 5) is 23.8. The fourth-order valence-corrected chi connectivity index (χ4v) is 2.58. The molecule has 96 valence electrons. The van der Waals surface area contributed by atoms with E-state index >= 15 is 0 Å². The number of benzene rings is 1. The van der Waals surface area contributed by atoms with E-state index in [2.05, 4.69) is 0 Å². The summed E-state index contributed by atoms with van der Waals surface area (Å²) in [5.41, 5.74) is 1.31. The molecule has 1 atom stereocenters. The number of carbonyl (C=O) groups is 2. The van der Waals surface area contributed by atoms with Gasteiger partial charge >= 0.3 is 11.9 Å². The van der Waals surface area contributed by atoms with Crippen molar-refractivity contribution in [2.75, 3.05) is 6.61 Å². The Morgan fingerprint density at radius 3 is 2.89 bits per heavy atom. The molecule has 0 N–H and O–H groups in total. The second-order valence-electron chi connectivity index (χ2n) is 4.06. The van der Waals surface area contributed by atoms with Crippen molar-refractivity contribution in [3.8, 4) is 0 Å². The summed E-state index contributed by atoms with van der Waals surface area (Å²) in [6.45, 7) is 0.0412. The number of thiophene rings is 1. The topological polar surface area (TPSA) is 52.6 Å². The molecule has 1 aliphatic heterocycles. The van der Waals surface area contributed by atoms with Crippen molar-refractivity contribution in [3.05, 3.63) is 57.8 Å². The maximum atomic E-state index is 11.7. The molecular weight excluding hydrogens is 264 g/mol. The summed E-state index contributed by atoms with van der Waals surface area (Å²) < 4.78 is 10.4. The first-order valence-corrected chi connectivity index (χ1v) is 6.64. The van der Waals surface area contributed by atoms with Gasteiger partial charge < -0.3 is 9.47 Å². The van der Waals surface area contributed by atoms with E-state index in [1.54, 1.807) is 24.3 Å². The highest BCUT2D eigenvalue weighted by Gasteiger charge is 2.31. The number of fused-ring (bicyclic) bond motifs is 1. The second kappa shape index (κ2) is 4.85. The van der Waals surface area contributed by atoms with E-state index in [-0.39, 0.29) is 12.6 Å². The lowest BCUT2D eigenvalue weighted by atomic mass is 10.1. The summed E-state index contributed by atoms with van der Waals surface area (Å²) in [5, 5.41) is 1.81. The van der Waals surface area contributed by atoms with E-state index < -0.39 is 12.1 Å². The molecule has 2 aromatic rings. The number of cyclic esters (lactones) is 1. The Morgan fingerprint density at radius 1 is 1.26 bits per heavy atom. The second-order valence-corrected chi connectivity index (χ2v) is 5.00. The van der Waals surface area contributed by atoms with E-state index in [1.165, 1.54) is 11.3 Å². The standard InChI is InChI=1S/C14H10O4S/c15-13-10-5-2-1-4-9(10)11(18-13)8-17-14(16)12-6-3-7-19-12/h1-7,11H,8H2. The maximum absolute atomic E-state index is 11.7. The molecule has 0 fully saturated rings. The molecule has 0 saturated heterocycles. The molecule has 4 nitrogen and oxygen atoms in total. The molecule has 19 heavy (non-hydrogen) atoms. The Morgan fingerprint density at radius 2 is 2.11 bits per heavy atom. The maximum Gasteiger partial charge on any atom is 0.348 e. The van der Waals surface area contributed by atoms with Gasteiger partial charge in [-0.2, -0.15) is 0 Å². The summed E-state index contributed by atoms with van der Waals surface area (Å²) in [6.07, 6.45) is -0.507. The van der Waals surface area contributed by atoms with Crippen molar-refractivity contribution >= 4 is 23.3 Å². The zero-order valence-corrected chi connectivity index (χ0v) is 10.7. The van der Waals surface area contributed by atoms with Crippen molar-refractivity contribution in [1.82, 2.24) is 0 Å². The Bertz CT molecular complexity index is 618. The highest BCUT2D eigenvalue weighted by Crippen LogP contribution is 2.30. The third-order valence-electron chi connectivity index (χ3n) is 2.87. The first-order valence-electron chi connectivity index (χ1n) is 5.76. The molecule has 0 amide bonds. The third kappa shape index (κ3) is 2.24. The number of rotatable bonds is 3. The molecule has 1 aromatic carbocycles. The van der Waals surface area contributed by atoms with Crippen molar-refractivity contribution < 1.29 is 19.1 Å². The lowest BCUT2D eigenvalue weighted by molar-refractivity contribution is 0.00673. The third-order valence-corrected chi connectivity index (χ3v) is 3.71. The highest BCUT2D eigenvalue weighted by molar-refractivity contribution is 7.11. The molecule has 5 heteroatoms. The highest BCUT2D eigenvalue weighted by atomic mass is 32.1. The van der Waals surface area contributed by atoms with Crippen LogP contribution in [0.2, 0.25) is 0 Å². The first-order chi connectivity index (χ1) is 9.25. The van der Waals surface area contributed by atoms with Gasteiger partial charge in [0.25, 0.3) is 0 Å². The quantitative estimate of drug-likeness (QED) is 0.808. The smallest absolute Gasteiger partial charge is 0.348 e. The van der Waals surface area contributed by atoms with Crippen LogP contribution >= 0.6 is 11.3 Å². The molecule has 0 saturated carbocycles. The van der Waals surface area contributed by atoms with Gasteiger partial charge in [-0.15, -0.1) is 11.3 Å². The van der Waals surface area contributed by atoms with Crippen molar-refractivity contribution in [1.29, 1.82) is 0 Å². The van der Waals surface area contributed by atoms with Gasteiger partial charge in [-0.05, 0) is 17.5 Å². The van der Waals surface area contributed by atoms with Gasteiger partial charge in [0.1, 0.15) is 11.5 Å². The molecule has 1 aromatic heterocycles. The molecular formula is C14H10O4S. The molecule has 0 bridgehead atoms. The van der Waals surface area contributed by atoms with Gasteiger partial charge in [-0.1, -0.05) is 24.3 Å². The lowest BCUT2D eigenvalue weighted by Crippen LogP contribution is -2.12. The molecule has 0 radical (unpaired) electrons. The van der Waals surface area contributed by atoms with Gasteiger partial charge in [0.05, 0.1) is 5.56 Å². The molecule has 1 unspecified atom stereocenters. The minimum absolute atomic E-state index is 0.0412. The van der Waals surface area contributed by atoms with Crippen LogP contribution in [-0.4, -0.2) is 18.5 Å². The van der Waals surface area contributed by atoms with E-state index in [9.17, 15) is 9.59 Å². The van der Waals surface area contributed by atoms with Crippen LogP contribution in [0, 0.1) is 0 Å². The van der Waals surface area contributed by atoms with Crippen molar-refractivity contribution in [2.24, 2.45) is 0 Å². The Kier molecular flexibility index (Phi) is 3.05. The summed E-state index contributed by atoms with van der Waals surface area (Å²) in [5.74, 6) is -0.761. The zero-order chi connectivity index (χ0) is 13.2. The van der Waals surface area contributed by atoms with Crippen molar-refractivity contribution in [2.45, 2.75) is 6.10 Å². The normalized spacial score (nSPS) is 16.8. The SMILES string of the molecule is O=C(OCC1OC(=O)c2ccccc21)c1cccs1. The minimum atomic E-state index is -0.507. The lowest BCUT2D eigenvalue weighted by Gasteiger charge is -2.10. The predicted molar refractivity (Wildman–Crippen MR) is 69.2 cm³/mol. The molecule has 0 aliphatic carbocycles. The van der Waals surface area contributed by atoms with Crippen LogP contribution in [0.3, 0.4) is 0 Å². The summed E-state index contributed by atoms with van der Waals surface area (Å²) >= 11 is 1.32. The fourth-order valence-electron chi connectivity index (χ4n) is 1.96. The van der Waals surface area contributed by atoms with Crippen LogP contribution in [-0.2, 0) is 9.47 Å². The van der Waals surface area contributed by atoms with E-state index in [0.717, 1.165) is 5.56 Å². The van der Waals surface area contributed by atoms with Gasteiger partial charge in [0.2, 0.25) is 0 Å². The van der Waals surface area contributed by atoms with E-state index in [0.29, 0.717) is 10.4 Å². The van der Waals surface area contributed by atoms with Crippen LogP contribution in [0.15, 0.2) is 41.8 Å². The summed E-state index contributed by atoms with van der Waals surface area (Å²) in [6, 6.07) is 10.6. The number of hydrogen-bond donors (Lipinski definition) is 0. The predicted octanol–water partition coefficient (Wildman–Crippen LogP) is 2.82. The number of ether oxygens (including phenoxy) is 2. The molecule has 2 heterocycles. The number of esters is 2. The van der Waals surface area contributed by atoms with E-state index in [4.69, 9.17) is 9.47 Å². The zero-order valence-electron chi connectivity index (χ0n) is 9.87. The average Bonchev–Trinajstić information content (AvgIpc) is 3.06. The van der Waals surface area contributed by atoms with Crippen LogP contribution in [0.4, 0.5) is 0 Å². The Balaban J connectivity index is 1.69. The number of hydrogen-bond acceptors (Lipinski definition) is 5. The van der Waals surface area contributed by atoms with Crippen LogP contribution in [0.1, 0.15) is 31.7 Å². The number of carbonyl (C=O) groups excluding carboxylic acids is 2. The van der Waals surface area contributed by atoms with Gasteiger partial charge in [0.15, 0.2) is 6.10 Å². The Hall–Kier alpha value is -2.14. The van der Waals surface area contributed by atoms with Crippen LogP contribution < -0.4 is 0 Å². The van der Waals surface area contributed by atoms with E-state index in [1.807, 2.05) is 17.5 Å². The van der Waals surface area contributed by atoms with Gasteiger partial charge in [-0.25, -0.2) is 9.59 Å². The first kappa shape index (κ1) is 11.9. The van der Waals surface area contributed by atoms with Crippen LogP contribution in [0.25, 0.3) is 0 Å². The fraction of sp³-hybridized carbons (Fsp3) is 0.143. The molecule has 0 spiro atoms. The molecule has 1 aliphatic rings. The molecule has 3 rings (SSSR count). The largest absolute Gasteiger partial charge is 0.457 e. The summed E-state index contributed by atoms with van der Waals surface area (Å²) in [7, 11) is 0. The van der Waals surface area contributed by atoms with Crippen molar-refractivity contribution in [3.63, 3.8) is 0 Å². The minimum Gasteiger partial charge on any atom is -0.457 e. The van der Waals surface area contributed by atoms with Crippen LogP contribution in [0.5, 0.6) is 0 Å². The monoisotopic (exact) mass is 274 g/mol. The van der Waals surface area contributed by atoms with Gasteiger partial charge in [0, 0.05) is 5.56 Å². The van der Waals surface area contributed by atoms with Gasteiger partial charge in [-0.3, -0.25) is 0 Å². The average molecular weight is 274 g/mol.